The smallest absolute Gasteiger partial charge is 0.335 e. The third kappa shape index (κ3) is 6.80. The molecule has 220 valence electrons. The van der Waals surface area contributed by atoms with Crippen LogP contribution >= 0.6 is 23.2 Å². The van der Waals surface area contributed by atoms with Crippen molar-refractivity contribution < 1.29 is 19.0 Å². The molecule has 0 unspecified atom stereocenters. The first-order valence-electron chi connectivity index (χ1n) is 13.9. The quantitative estimate of drug-likeness (QED) is 0.190. The Balaban J connectivity index is 1.14. The number of halogens is 3. The lowest BCUT2D eigenvalue weighted by Gasteiger charge is -2.31. The first-order valence-corrected chi connectivity index (χ1v) is 14.7. The molecule has 8 nitrogen and oxygen atoms in total. The zero-order valence-corrected chi connectivity index (χ0v) is 24.6. The Hall–Kier alpha value is -4.05. The van der Waals surface area contributed by atoms with Gasteiger partial charge in [-0.3, -0.25) is 9.88 Å². The number of carboxylic acid groups (broad SMARTS) is 1. The molecular formula is C32H28Cl2FN5O3. The van der Waals surface area contributed by atoms with Gasteiger partial charge in [-0.15, -0.1) is 0 Å². The van der Waals surface area contributed by atoms with Crippen LogP contribution in [0.5, 0.6) is 5.88 Å². The number of likely N-dealkylation sites (tertiary alicyclic amines) is 1. The number of piperidine rings is 1. The fraction of sp³-hybridized carbons (Fsp3) is 0.250. The minimum Gasteiger partial charge on any atom is -0.478 e. The SMILES string of the molecule is O=C(O)c1ccc2nc(CN3CCC(c4cccc(OCc5ccc(Cl)cc5F)n4)CC3)n(Cc3ccc(Cl)cn3)c2c1. The van der Waals surface area contributed by atoms with Crippen molar-refractivity contribution in [2.24, 2.45) is 0 Å². The van der Waals surface area contributed by atoms with Crippen LogP contribution in [-0.2, 0) is 19.7 Å². The molecular weight excluding hydrogens is 592 g/mol. The van der Waals surface area contributed by atoms with E-state index in [4.69, 9.17) is 37.9 Å². The highest BCUT2D eigenvalue weighted by Gasteiger charge is 2.24. The average Bonchev–Trinajstić information content (AvgIpc) is 3.34. The molecule has 0 bridgehead atoms. The molecule has 0 aliphatic carbocycles. The monoisotopic (exact) mass is 619 g/mol. The van der Waals surface area contributed by atoms with Gasteiger partial charge < -0.3 is 14.4 Å². The van der Waals surface area contributed by atoms with Crippen molar-refractivity contribution in [2.45, 2.75) is 38.5 Å². The molecule has 1 aliphatic rings. The predicted molar refractivity (Wildman–Crippen MR) is 162 cm³/mol. The lowest BCUT2D eigenvalue weighted by Crippen LogP contribution is -2.33. The summed E-state index contributed by atoms with van der Waals surface area (Å²) in [5, 5.41) is 10.5. The van der Waals surface area contributed by atoms with Crippen molar-refractivity contribution in [2.75, 3.05) is 13.1 Å². The number of carboxylic acids is 1. The number of fused-ring (bicyclic) bond motifs is 1. The molecule has 1 aliphatic heterocycles. The Morgan fingerprint density at radius 1 is 0.977 bits per heavy atom. The van der Waals surface area contributed by atoms with E-state index in [1.54, 1.807) is 48.7 Å². The minimum atomic E-state index is -0.983. The topological polar surface area (TPSA) is 93.4 Å². The molecule has 1 fully saturated rings. The van der Waals surface area contributed by atoms with E-state index in [9.17, 15) is 14.3 Å². The number of hydrogen-bond donors (Lipinski definition) is 1. The van der Waals surface area contributed by atoms with Gasteiger partial charge in [0, 0.05) is 34.5 Å². The van der Waals surface area contributed by atoms with Gasteiger partial charge in [0.15, 0.2) is 0 Å². The molecule has 11 heteroatoms. The van der Waals surface area contributed by atoms with E-state index in [0.717, 1.165) is 54.2 Å². The Labute approximate surface area is 257 Å². The van der Waals surface area contributed by atoms with Crippen LogP contribution in [0, 0.1) is 5.82 Å². The Morgan fingerprint density at radius 3 is 2.53 bits per heavy atom. The summed E-state index contributed by atoms with van der Waals surface area (Å²) in [6.07, 6.45) is 3.42. The molecule has 0 saturated carbocycles. The van der Waals surface area contributed by atoms with Gasteiger partial charge in [0.2, 0.25) is 5.88 Å². The van der Waals surface area contributed by atoms with Gasteiger partial charge in [-0.25, -0.2) is 19.2 Å². The summed E-state index contributed by atoms with van der Waals surface area (Å²) in [6.45, 7) is 2.81. The molecule has 5 aromatic rings. The summed E-state index contributed by atoms with van der Waals surface area (Å²) in [5.74, 6) is 0.178. The Bertz CT molecular complexity index is 1770. The molecule has 0 spiro atoms. The van der Waals surface area contributed by atoms with Crippen LogP contribution in [0.4, 0.5) is 4.39 Å². The number of carbonyl (C=O) groups is 1. The number of nitrogens with zero attached hydrogens (tertiary/aromatic N) is 5. The Kier molecular flexibility index (Phi) is 8.56. The number of benzene rings is 2. The van der Waals surface area contributed by atoms with Gasteiger partial charge in [-0.05, 0) is 74.5 Å². The van der Waals surface area contributed by atoms with Crippen LogP contribution in [0.25, 0.3) is 11.0 Å². The van der Waals surface area contributed by atoms with E-state index in [2.05, 4.69) is 9.88 Å². The van der Waals surface area contributed by atoms with E-state index < -0.39 is 11.8 Å². The fourth-order valence-corrected chi connectivity index (χ4v) is 5.65. The van der Waals surface area contributed by atoms with Gasteiger partial charge in [-0.2, -0.15) is 0 Å². The lowest BCUT2D eigenvalue weighted by atomic mass is 9.93. The van der Waals surface area contributed by atoms with Crippen molar-refractivity contribution in [3.63, 3.8) is 0 Å². The third-order valence-corrected chi connectivity index (χ3v) is 8.15. The minimum absolute atomic E-state index is 0.0679. The molecule has 2 aromatic carbocycles. The van der Waals surface area contributed by atoms with Gasteiger partial charge in [-0.1, -0.05) is 35.3 Å². The summed E-state index contributed by atoms with van der Waals surface area (Å²) >= 11 is 11.9. The number of rotatable bonds is 9. The van der Waals surface area contributed by atoms with E-state index in [0.29, 0.717) is 34.6 Å². The zero-order chi connectivity index (χ0) is 29.9. The summed E-state index contributed by atoms with van der Waals surface area (Å²) in [7, 11) is 0. The van der Waals surface area contributed by atoms with Gasteiger partial charge in [0.05, 0.1) is 40.4 Å². The number of aromatic nitrogens is 4. The summed E-state index contributed by atoms with van der Waals surface area (Å²) in [4.78, 5) is 28.1. The number of pyridine rings is 2. The predicted octanol–water partition coefficient (Wildman–Crippen LogP) is 6.98. The van der Waals surface area contributed by atoms with E-state index in [1.807, 2.05) is 22.8 Å². The second kappa shape index (κ2) is 12.7. The molecule has 0 radical (unpaired) electrons. The maximum atomic E-state index is 14.1. The maximum absolute atomic E-state index is 14.1. The highest BCUT2D eigenvalue weighted by molar-refractivity contribution is 6.30. The number of ether oxygens (including phenoxy) is 1. The van der Waals surface area contributed by atoms with Crippen LogP contribution < -0.4 is 4.74 Å². The highest BCUT2D eigenvalue weighted by atomic mass is 35.5. The van der Waals surface area contributed by atoms with Crippen molar-refractivity contribution in [3.05, 3.63) is 117 Å². The molecule has 0 atom stereocenters. The normalized spacial score (nSPS) is 14.3. The number of imidazole rings is 1. The van der Waals surface area contributed by atoms with E-state index >= 15 is 0 Å². The van der Waals surface area contributed by atoms with Gasteiger partial charge in [0.25, 0.3) is 0 Å². The van der Waals surface area contributed by atoms with Crippen LogP contribution in [0.2, 0.25) is 10.0 Å². The van der Waals surface area contributed by atoms with Crippen molar-refractivity contribution in [1.82, 2.24) is 24.4 Å². The van der Waals surface area contributed by atoms with Crippen LogP contribution in [0.1, 0.15) is 51.9 Å². The van der Waals surface area contributed by atoms with Gasteiger partial charge >= 0.3 is 5.97 Å². The molecule has 43 heavy (non-hydrogen) atoms. The number of hydrogen-bond acceptors (Lipinski definition) is 6. The van der Waals surface area contributed by atoms with Crippen LogP contribution in [0.15, 0.2) is 72.9 Å². The van der Waals surface area contributed by atoms with Crippen LogP contribution in [-0.4, -0.2) is 48.6 Å². The summed E-state index contributed by atoms with van der Waals surface area (Å²) in [6, 6.07) is 18.9. The molecule has 4 heterocycles. The molecule has 0 amide bonds. The molecule has 1 N–H and O–H groups in total. The van der Waals surface area contributed by atoms with Crippen molar-refractivity contribution in [3.8, 4) is 5.88 Å². The van der Waals surface area contributed by atoms with Gasteiger partial charge in [0.1, 0.15) is 18.2 Å². The van der Waals surface area contributed by atoms with Crippen molar-refractivity contribution >= 4 is 40.2 Å². The lowest BCUT2D eigenvalue weighted by molar-refractivity contribution is 0.0697. The molecule has 3 aromatic heterocycles. The average molecular weight is 621 g/mol. The summed E-state index contributed by atoms with van der Waals surface area (Å²) < 4.78 is 22.0. The first-order chi connectivity index (χ1) is 20.8. The largest absolute Gasteiger partial charge is 0.478 e. The second-order valence-electron chi connectivity index (χ2n) is 10.6. The van der Waals surface area contributed by atoms with Crippen molar-refractivity contribution in [1.29, 1.82) is 0 Å². The molecule has 1 saturated heterocycles. The fourth-order valence-electron chi connectivity index (χ4n) is 5.38. The first kappa shape index (κ1) is 29.0. The maximum Gasteiger partial charge on any atom is 0.335 e. The van der Waals surface area contributed by atoms with E-state index in [-0.39, 0.29) is 18.1 Å². The molecule has 6 rings (SSSR count). The highest BCUT2D eigenvalue weighted by Crippen LogP contribution is 2.30. The third-order valence-electron chi connectivity index (χ3n) is 7.69. The van der Waals surface area contributed by atoms with Crippen LogP contribution in [0.3, 0.4) is 0 Å². The zero-order valence-electron chi connectivity index (χ0n) is 23.1. The second-order valence-corrected chi connectivity index (χ2v) is 11.4. The standard InChI is InChI=1S/C32H28Cl2FN5O3/c33-23-6-4-22(26(35)15-23)19-43-31-3-1-2-27(38-31)20-10-12-39(13-11-20)18-30-37-28-9-5-21(32(41)42)14-29(28)40(30)17-25-8-7-24(34)16-36-25/h1-9,14-16,20H,10-13,17-19H2,(H,41,42). The summed E-state index contributed by atoms with van der Waals surface area (Å²) in [5.41, 5.74) is 3.88. The Morgan fingerprint density at radius 2 is 1.79 bits per heavy atom. The van der Waals surface area contributed by atoms with E-state index in [1.165, 1.54) is 6.07 Å². The number of aromatic carboxylic acids is 1.